The summed E-state index contributed by atoms with van der Waals surface area (Å²) in [5, 5.41) is 12.6. The van der Waals surface area contributed by atoms with E-state index < -0.39 is 11.4 Å². The number of halogens is 2. The van der Waals surface area contributed by atoms with Crippen LogP contribution in [0.2, 0.25) is 0 Å². The van der Waals surface area contributed by atoms with Gasteiger partial charge in [0.25, 0.3) is 0 Å². The van der Waals surface area contributed by atoms with Crippen LogP contribution < -0.4 is 5.32 Å². The van der Waals surface area contributed by atoms with E-state index in [1.54, 1.807) is 19.1 Å². The molecule has 0 fully saturated rings. The molecule has 1 heterocycles. The second-order valence-electron chi connectivity index (χ2n) is 4.49. The molecule has 0 bridgehead atoms. The predicted octanol–water partition coefficient (Wildman–Crippen LogP) is 2.68. The molecular formula is C14H14F2N2O. The summed E-state index contributed by atoms with van der Waals surface area (Å²) in [5.74, 6) is -0.827. The van der Waals surface area contributed by atoms with Gasteiger partial charge in [-0.3, -0.25) is 4.98 Å². The van der Waals surface area contributed by atoms with Crippen LogP contribution in [0.4, 0.5) is 14.5 Å². The molecule has 0 aliphatic heterocycles. The highest BCUT2D eigenvalue weighted by atomic mass is 19.1. The van der Waals surface area contributed by atoms with Gasteiger partial charge in [-0.25, -0.2) is 8.78 Å². The average Bonchev–Trinajstić information content (AvgIpc) is 2.39. The summed E-state index contributed by atoms with van der Waals surface area (Å²) in [6.45, 7) is 1.44. The first-order chi connectivity index (χ1) is 9.03. The van der Waals surface area contributed by atoms with Crippen LogP contribution in [-0.4, -0.2) is 16.7 Å². The van der Waals surface area contributed by atoms with E-state index in [1.807, 2.05) is 0 Å². The number of benzene rings is 1. The minimum Gasteiger partial charge on any atom is -0.394 e. The molecule has 0 saturated carbocycles. The number of nitrogens with one attached hydrogen (secondary N) is 1. The zero-order valence-electron chi connectivity index (χ0n) is 10.4. The van der Waals surface area contributed by atoms with Gasteiger partial charge in [-0.1, -0.05) is 6.07 Å². The summed E-state index contributed by atoms with van der Waals surface area (Å²) in [7, 11) is 0. The number of nitrogens with zero attached hydrogens (tertiary/aromatic N) is 1. The molecule has 2 aromatic rings. The van der Waals surface area contributed by atoms with Crippen molar-refractivity contribution in [2.24, 2.45) is 0 Å². The third-order valence-corrected chi connectivity index (χ3v) is 2.85. The molecule has 0 spiro atoms. The summed E-state index contributed by atoms with van der Waals surface area (Å²) >= 11 is 0. The molecule has 0 amide bonds. The SMILES string of the molecule is CC(CO)(Nc1cccc(F)c1)c1ccc(F)cn1. The van der Waals surface area contributed by atoms with Gasteiger partial charge in [0.15, 0.2) is 0 Å². The van der Waals surface area contributed by atoms with Crippen LogP contribution in [0.1, 0.15) is 12.6 Å². The second kappa shape index (κ2) is 5.32. The lowest BCUT2D eigenvalue weighted by Crippen LogP contribution is -2.36. The molecule has 1 atom stereocenters. The lowest BCUT2D eigenvalue weighted by Gasteiger charge is -2.29. The lowest BCUT2D eigenvalue weighted by molar-refractivity contribution is 0.221. The number of hydrogen-bond donors (Lipinski definition) is 2. The predicted molar refractivity (Wildman–Crippen MR) is 68.7 cm³/mol. The van der Waals surface area contributed by atoms with E-state index in [0.717, 1.165) is 6.20 Å². The molecule has 1 unspecified atom stereocenters. The van der Waals surface area contributed by atoms with Gasteiger partial charge in [0.2, 0.25) is 0 Å². The molecule has 2 N–H and O–H groups in total. The zero-order chi connectivity index (χ0) is 13.9. The van der Waals surface area contributed by atoms with Crippen molar-refractivity contribution in [3.05, 3.63) is 59.9 Å². The van der Waals surface area contributed by atoms with Crippen LogP contribution in [0.15, 0.2) is 42.6 Å². The maximum Gasteiger partial charge on any atom is 0.141 e. The highest BCUT2D eigenvalue weighted by Crippen LogP contribution is 2.24. The Balaban J connectivity index is 2.29. The van der Waals surface area contributed by atoms with E-state index in [-0.39, 0.29) is 12.4 Å². The quantitative estimate of drug-likeness (QED) is 0.892. The van der Waals surface area contributed by atoms with Crippen LogP contribution in [0, 0.1) is 11.6 Å². The number of rotatable bonds is 4. The van der Waals surface area contributed by atoms with E-state index >= 15 is 0 Å². The molecule has 0 aliphatic rings. The number of aliphatic hydroxyl groups is 1. The van der Waals surface area contributed by atoms with E-state index in [1.165, 1.54) is 24.3 Å². The fourth-order valence-electron chi connectivity index (χ4n) is 1.77. The van der Waals surface area contributed by atoms with E-state index in [0.29, 0.717) is 11.4 Å². The molecule has 1 aromatic carbocycles. The summed E-state index contributed by atoms with van der Waals surface area (Å²) in [4.78, 5) is 3.95. The number of aliphatic hydroxyl groups excluding tert-OH is 1. The molecule has 1 aromatic heterocycles. The highest BCUT2D eigenvalue weighted by Gasteiger charge is 2.27. The summed E-state index contributed by atoms with van der Waals surface area (Å²) in [5.41, 5.74) is 0.0740. The Morgan fingerprint density at radius 2 is 2.00 bits per heavy atom. The second-order valence-corrected chi connectivity index (χ2v) is 4.49. The molecule has 2 rings (SSSR count). The highest BCUT2D eigenvalue weighted by molar-refractivity contribution is 5.47. The molecule has 19 heavy (non-hydrogen) atoms. The standard InChI is InChI=1S/C14H14F2N2O/c1-14(9-19,13-6-5-11(16)8-17-13)18-12-4-2-3-10(15)7-12/h2-8,18-19H,9H2,1H3. The molecule has 0 radical (unpaired) electrons. The molecule has 5 heteroatoms. The number of pyridine rings is 1. The summed E-state index contributed by atoms with van der Waals surface area (Å²) in [6.07, 6.45) is 1.08. The first-order valence-electron chi connectivity index (χ1n) is 5.80. The Morgan fingerprint density at radius 1 is 1.21 bits per heavy atom. The Labute approximate surface area is 109 Å². The van der Waals surface area contributed by atoms with Gasteiger partial charge in [-0.15, -0.1) is 0 Å². The van der Waals surface area contributed by atoms with Gasteiger partial charge >= 0.3 is 0 Å². The first kappa shape index (κ1) is 13.4. The van der Waals surface area contributed by atoms with Crippen LogP contribution in [0.3, 0.4) is 0 Å². The maximum absolute atomic E-state index is 13.1. The van der Waals surface area contributed by atoms with Crippen molar-refractivity contribution < 1.29 is 13.9 Å². The summed E-state index contributed by atoms with van der Waals surface area (Å²) in [6, 6.07) is 8.64. The Kier molecular flexibility index (Phi) is 3.76. The average molecular weight is 264 g/mol. The minimum absolute atomic E-state index is 0.262. The molecule has 0 saturated heterocycles. The topological polar surface area (TPSA) is 45.1 Å². The monoisotopic (exact) mass is 264 g/mol. The molecule has 100 valence electrons. The van der Waals surface area contributed by atoms with Crippen LogP contribution in [0.25, 0.3) is 0 Å². The number of hydrogen-bond acceptors (Lipinski definition) is 3. The van der Waals surface area contributed by atoms with Crippen molar-refractivity contribution in [3.63, 3.8) is 0 Å². The third-order valence-electron chi connectivity index (χ3n) is 2.85. The van der Waals surface area contributed by atoms with Gasteiger partial charge in [0.1, 0.15) is 11.6 Å². The van der Waals surface area contributed by atoms with E-state index in [2.05, 4.69) is 10.3 Å². The van der Waals surface area contributed by atoms with Crippen molar-refractivity contribution in [2.75, 3.05) is 11.9 Å². The fraction of sp³-hybridized carbons (Fsp3) is 0.214. The maximum atomic E-state index is 13.1. The van der Waals surface area contributed by atoms with Crippen LogP contribution in [0.5, 0.6) is 0 Å². The Hall–Kier alpha value is -2.01. The number of aromatic nitrogens is 1. The molecule has 3 nitrogen and oxygen atoms in total. The van der Waals surface area contributed by atoms with Crippen LogP contribution >= 0.6 is 0 Å². The number of anilines is 1. The molecular weight excluding hydrogens is 250 g/mol. The fourth-order valence-corrected chi connectivity index (χ4v) is 1.77. The van der Waals surface area contributed by atoms with Gasteiger partial charge < -0.3 is 10.4 Å². The Bertz CT molecular complexity index is 560. The minimum atomic E-state index is -0.915. The summed E-state index contributed by atoms with van der Waals surface area (Å²) < 4.78 is 26.0. The van der Waals surface area contributed by atoms with Crippen molar-refractivity contribution >= 4 is 5.69 Å². The normalized spacial score (nSPS) is 13.9. The third kappa shape index (κ3) is 3.06. The van der Waals surface area contributed by atoms with E-state index in [4.69, 9.17) is 0 Å². The Morgan fingerprint density at radius 3 is 2.58 bits per heavy atom. The zero-order valence-corrected chi connectivity index (χ0v) is 10.4. The van der Waals surface area contributed by atoms with Gasteiger partial charge in [-0.05, 0) is 37.3 Å². The smallest absolute Gasteiger partial charge is 0.141 e. The van der Waals surface area contributed by atoms with Crippen molar-refractivity contribution in [1.82, 2.24) is 4.98 Å². The van der Waals surface area contributed by atoms with E-state index in [9.17, 15) is 13.9 Å². The van der Waals surface area contributed by atoms with Crippen LogP contribution in [-0.2, 0) is 5.54 Å². The lowest BCUT2D eigenvalue weighted by atomic mass is 9.97. The van der Waals surface area contributed by atoms with Crippen molar-refractivity contribution in [3.8, 4) is 0 Å². The largest absolute Gasteiger partial charge is 0.394 e. The molecule has 0 aliphatic carbocycles. The van der Waals surface area contributed by atoms with Gasteiger partial charge in [-0.2, -0.15) is 0 Å². The van der Waals surface area contributed by atoms with Gasteiger partial charge in [0.05, 0.1) is 24.0 Å². The van der Waals surface area contributed by atoms with Crippen molar-refractivity contribution in [2.45, 2.75) is 12.5 Å². The van der Waals surface area contributed by atoms with Crippen molar-refractivity contribution in [1.29, 1.82) is 0 Å². The van der Waals surface area contributed by atoms with Gasteiger partial charge in [0, 0.05) is 5.69 Å². The first-order valence-corrected chi connectivity index (χ1v) is 5.80.